The molecule has 6 heteroatoms. The van der Waals surface area contributed by atoms with Gasteiger partial charge in [0.2, 0.25) is 0 Å². The molecule has 0 saturated carbocycles. The number of hydrogen-bond acceptors (Lipinski definition) is 4. The maximum absolute atomic E-state index is 11.4. The summed E-state index contributed by atoms with van der Waals surface area (Å²) in [7, 11) is -6.66. The van der Waals surface area contributed by atoms with Crippen LogP contribution < -0.4 is 0 Å². The molecule has 1 spiro atoms. The molecule has 1 unspecified atom stereocenters. The van der Waals surface area contributed by atoms with Crippen LogP contribution >= 0.6 is 0 Å². The van der Waals surface area contributed by atoms with Gasteiger partial charge in [-0.1, -0.05) is 0 Å². The van der Waals surface area contributed by atoms with E-state index in [9.17, 15) is 16.8 Å². The third kappa shape index (κ3) is 0.724. The van der Waals surface area contributed by atoms with E-state index in [1.165, 1.54) is 0 Å². The van der Waals surface area contributed by atoms with Gasteiger partial charge in [0.25, 0.3) is 0 Å². The molecule has 2 heterocycles. The Morgan fingerprint density at radius 1 is 0.833 bits per heavy atom. The zero-order chi connectivity index (χ0) is 9.04. The average molecular weight is 210 g/mol. The molecule has 2 saturated heterocycles. The van der Waals surface area contributed by atoms with Crippen molar-refractivity contribution in [3.8, 4) is 0 Å². The summed E-state index contributed by atoms with van der Waals surface area (Å²) in [6.45, 7) is 0. The maximum Gasteiger partial charge on any atom is 0.174 e. The van der Waals surface area contributed by atoms with Crippen molar-refractivity contribution in [2.45, 2.75) is 23.3 Å². The number of sulfone groups is 2. The smallest absolute Gasteiger partial charge is 0.174 e. The zero-order valence-electron chi connectivity index (χ0n) is 6.49. The highest BCUT2D eigenvalue weighted by atomic mass is 32.3. The summed E-state index contributed by atoms with van der Waals surface area (Å²) in [5.41, 5.74) is 0. The van der Waals surface area contributed by atoms with E-state index in [1.54, 1.807) is 0 Å². The van der Waals surface area contributed by atoms with Crippen LogP contribution in [0.5, 0.6) is 0 Å². The highest BCUT2D eigenvalue weighted by Gasteiger charge is 2.63. The second kappa shape index (κ2) is 2.04. The van der Waals surface area contributed by atoms with Crippen LogP contribution in [0.25, 0.3) is 0 Å². The summed E-state index contributed by atoms with van der Waals surface area (Å²) in [4.78, 5) is 0. The van der Waals surface area contributed by atoms with Crippen molar-refractivity contribution in [2.24, 2.45) is 0 Å². The van der Waals surface area contributed by atoms with Gasteiger partial charge in [-0.15, -0.1) is 0 Å². The first kappa shape index (κ1) is 8.50. The molecule has 0 aliphatic carbocycles. The van der Waals surface area contributed by atoms with Crippen LogP contribution in [0, 0.1) is 0 Å². The largest absolute Gasteiger partial charge is 0.227 e. The molecule has 0 radical (unpaired) electrons. The van der Waals surface area contributed by atoms with Gasteiger partial charge in [-0.25, -0.2) is 16.8 Å². The fraction of sp³-hybridized carbons (Fsp3) is 1.00. The van der Waals surface area contributed by atoms with Gasteiger partial charge in [-0.2, -0.15) is 0 Å². The molecular formula is C6H10O4S2. The van der Waals surface area contributed by atoms with Crippen molar-refractivity contribution >= 4 is 19.7 Å². The molecule has 0 amide bonds. The van der Waals surface area contributed by atoms with E-state index in [4.69, 9.17) is 0 Å². The summed E-state index contributed by atoms with van der Waals surface area (Å²) in [5, 5.41) is 0. The summed E-state index contributed by atoms with van der Waals surface area (Å²) < 4.78 is 44.0. The summed E-state index contributed by atoms with van der Waals surface area (Å²) in [6.07, 6.45) is 1.14. The molecule has 2 fully saturated rings. The van der Waals surface area contributed by atoms with E-state index in [2.05, 4.69) is 0 Å². The standard InChI is InChI=1S/C6H10O4S2/c7-11(8)4-1-2-6(11)3-5-12(6,9)10/h1-5H2. The Hall–Kier alpha value is -0.100. The highest BCUT2D eigenvalue weighted by Crippen LogP contribution is 2.47. The molecule has 2 aliphatic heterocycles. The lowest BCUT2D eigenvalue weighted by Gasteiger charge is -2.35. The zero-order valence-corrected chi connectivity index (χ0v) is 8.12. The van der Waals surface area contributed by atoms with Crippen LogP contribution in [0.4, 0.5) is 0 Å². The van der Waals surface area contributed by atoms with E-state index in [0.29, 0.717) is 19.3 Å². The predicted octanol–water partition coefficient (Wildman–Crippen LogP) is -0.290. The summed E-state index contributed by atoms with van der Waals surface area (Å²) in [6, 6.07) is 0. The van der Waals surface area contributed by atoms with Gasteiger partial charge in [0.15, 0.2) is 23.8 Å². The minimum absolute atomic E-state index is 0.0478. The molecule has 0 bridgehead atoms. The van der Waals surface area contributed by atoms with Crippen molar-refractivity contribution in [3.63, 3.8) is 0 Å². The normalized spacial score (nSPS) is 42.7. The van der Waals surface area contributed by atoms with E-state index in [1.807, 2.05) is 0 Å². The van der Waals surface area contributed by atoms with Crippen molar-refractivity contribution < 1.29 is 16.8 Å². The van der Waals surface area contributed by atoms with Gasteiger partial charge in [0.1, 0.15) is 0 Å². The van der Waals surface area contributed by atoms with Gasteiger partial charge in [0.05, 0.1) is 11.5 Å². The van der Waals surface area contributed by atoms with Gasteiger partial charge in [-0.05, 0) is 19.3 Å². The van der Waals surface area contributed by atoms with Crippen LogP contribution in [0.2, 0.25) is 0 Å². The maximum atomic E-state index is 11.4. The molecule has 2 rings (SSSR count). The Balaban J connectivity index is 2.61. The molecule has 70 valence electrons. The Labute approximate surface area is 71.8 Å². The fourth-order valence-electron chi connectivity index (χ4n) is 2.00. The number of rotatable bonds is 0. The first-order valence-corrected chi connectivity index (χ1v) is 7.16. The van der Waals surface area contributed by atoms with Crippen molar-refractivity contribution in [1.82, 2.24) is 0 Å². The molecule has 0 aromatic carbocycles. The first-order valence-electron chi connectivity index (χ1n) is 3.86. The second-order valence-corrected chi connectivity index (χ2v) is 8.50. The quantitative estimate of drug-likeness (QED) is 0.551. The summed E-state index contributed by atoms with van der Waals surface area (Å²) in [5.74, 6) is 0.0957. The number of hydrogen-bond donors (Lipinski definition) is 0. The van der Waals surface area contributed by atoms with Crippen LogP contribution in [-0.4, -0.2) is 32.4 Å². The molecule has 12 heavy (non-hydrogen) atoms. The molecule has 0 N–H and O–H groups in total. The van der Waals surface area contributed by atoms with Gasteiger partial charge in [0, 0.05) is 0 Å². The molecular weight excluding hydrogens is 200 g/mol. The predicted molar refractivity (Wildman–Crippen MR) is 44.2 cm³/mol. The van der Waals surface area contributed by atoms with E-state index < -0.39 is 23.8 Å². The average Bonchev–Trinajstić information content (AvgIpc) is 2.25. The van der Waals surface area contributed by atoms with Crippen LogP contribution in [0.1, 0.15) is 19.3 Å². The lowest BCUT2D eigenvalue weighted by molar-refractivity contribution is 0.503. The Morgan fingerprint density at radius 3 is 1.58 bits per heavy atom. The van der Waals surface area contributed by atoms with Crippen LogP contribution in [0.3, 0.4) is 0 Å². The third-order valence-corrected chi connectivity index (χ3v) is 9.03. The second-order valence-electron chi connectivity index (χ2n) is 3.40. The van der Waals surface area contributed by atoms with Gasteiger partial charge >= 0.3 is 0 Å². The third-order valence-electron chi connectivity index (χ3n) is 2.86. The molecule has 1 atom stereocenters. The Kier molecular flexibility index (Phi) is 1.44. The lowest BCUT2D eigenvalue weighted by atomic mass is 10.2. The molecule has 0 aromatic rings. The molecule has 0 aromatic heterocycles. The fourth-order valence-corrected chi connectivity index (χ4v) is 7.41. The molecule has 4 nitrogen and oxygen atoms in total. The van der Waals surface area contributed by atoms with E-state index >= 15 is 0 Å². The molecule has 2 aliphatic rings. The topological polar surface area (TPSA) is 68.3 Å². The Bertz CT molecular complexity index is 405. The minimum atomic E-state index is -3.35. The van der Waals surface area contributed by atoms with Crippen molar-refractivity contribution in [2.75, 3.05) is 11.5 Å². The highest BCUT2D eigenvalue weighted by molar-refractivity contribution is 8.11. The SMILES string of the molecule is O=S1(=O)CCCC12CCS2(=O)=O. The van der Waals surface area contributed by atoms with E-state index in [-0.39, 0.29) is 11.5 Å². The summed E-state index contributed by atoms with van der Waals surface area (Å²) >= 11 is 0. The van der Waals surface area contributed by atoms with Gasteiger partial charge < -0.3 is 0 Å². The minimum Gasteiger partial charge on any atom is -0.227 e. The van der Waals surface area contributed by atoms with Gasteiger partial charge in [-0.3, -0.25) is 0 Å². The monoisotopic (exact) mass is 210 g/mol. The Morgan fingerprint density at radius 2 is 1.42 bits per heavy atom. The van der Waals surface area contributed by atoms with Crippen molar-refractivity contribution in [1.29, 1.82) is 0 Å². The van der Waals surface area contributed by atoms with Crippen LogP contribution in [0.15, 0.2) is 0 Å². The van der Waals surface area contributed by atoms with E-state index in [0.717, 1.165) is 0 Å². The lowest BCUT2D eigenvalue weighted by Crippen LogP contribution is -2.54. The van der Waals surface area contributed by atoms with Crippen molar-refractivity contribution in [3.05, 3.63) is 0 Å². The first-order chi connectivity index (χ1) is 5.41. The van der Waals surface area contributed by atoms with Crippen LogP contribution in [-0.2, 0) is 19.7 Å².